The molecular weight excluding hydrogens is 497 g/mol. The van der Waals surface area contributed by atoms with Crippen LogP contribution in [0.3, 0.4) is 0 Å². The van der Waals surface area contributed by atoms with Crippen molar-refractivity contribution in [3.8, 4) is 11.3 Å². The smallest absolute Gasteiger partial charge is 0.274 e. The fourth-order valence-corrected chi connectivity index (χ4v) is 4.74. The molecule has 0 unspecified atom stereocenters. The van der Waals surface area contributed by atoms with Crippen LogP contribution in [-0.2, 0) is 0 Å². The molecule has 5 rings (SSSR count). The van der Waals surface area contributed by atoms with Crippen LogP contribution < -0.4 is 0 Å². The average molecular weight is 534 g/mol. The second-order valence-electron chi connectivity index (χ2n) is 10.3. The molecule has 1 saturated heterocycles. The van der Waals surface area contributed by atoms with Crippen LogP contribution >= 0.6 is 0 Å². The summed E-state index contributed by atoms with van der Waals surface area (Å²) in [6.07, 6.45) is 1.68. The van der Waals surface area contributed by atoms with Crippen molar-refractivity contribution >= 4 is 17.3 Å². The third-order valence-electron chi connectivity index (χ3n) is 6.74. The summed E-state index contributed by atoms with van der Waals surface area (Å²) in [5.74, 6) is 0.551. The van der Waals surface area contributed by atoms with Gasteiger partial charge < -0.3 is 14.2 Å². The number of hydrogen-bond donors (Lipinski definition) is 0. The Morgan fingerprint density at radius 3 is 2.41 bits per heavy atom. The Bertz CT molecular complexity index is 1490. The van der Waals surface area contributed by atoms with Gasteiger partial charge in [-0.15, -0.1) is 10.2 Å². The van der Waals surface area contributed by atoms with Gasteiger partial charge in [0.15, 0.2) is 5.65 Å². The lowest BCUT2D eigenvalue weighted by Gasteiger charge is -2.47. The third kappa shape index (κ3) is 5.55. The molecule has 0 N–H and O–H groups in total. The van der Waals surface area contributed by atoms with Crippen molar-refractivity contribution < 1.29 is 13.6 Å². The van der Waals surface area contributed by atoms with Crippen molar-refractivity contribution in [2.45, 2.75) is 59.9 Å². The van der Waals surface area contributed by atoms with E-state index in [2.05, 4.69) is 35.5 Å². The van der Waals surface area contributed by atoms with E-state index in [1.54, 1.807) is 29.8 Å². The summed E-state index contributed by atoms with van der Waals surface area (Å²) in [4.78, 5) is 22.3. The van der Waals surface area contributed by atoms with Crippen LogP contribution in [0.25, 0.3) is 22.6 Å². The molecule has 0 saturated carbocycles. The molecule has 1 aromatic carbocycles. The number of amides is 1. The Labute approximate surface area is 228 Å². The number of hydrogen-bond acceptors (Lipinski definition) is 7. The summed E-state index contributed by atoms with van der Waals surface area (Å²) < 4.78 is 20.7. The number of carbonyl (C=O) groups is 1. The molecule has 1 fully saturated rings. The standard InChI is InChI=1S/C27H30FN7O2.C2H6/c1-16(2)21-13-22(19-7-9-20(28)10-8-19)32-35-14-23(29-24(21)35)26(36)34-12-11-33(15-27(34,5)6)17(3)25-31-30-18(4)37-25;1-2/h7-10,13-14,16H,3,11-12,15H2,1-2,4-6H3;1-2H3. The first kappa shape index (κ1) is 27.9. The van der Waals surface area contributed by atoms with Gasteiger partial charge in [0.2, 0.25) is 5.89 Å². The lowest BCUT2D eigenvalue weighted by Crippen LogP contribution is -2.60. The maximum atomic E-state index is 13.7. The first-order valence-corrected chi connectivity index (χ1v) is 13.3. The fraction of sp³-hybridized carbons (Fsp3) is 0.414. The number of carbonyl (C=O) groups excluding carboxylic acids is 1. The zero-order valence-electron chi connectivity index (χ0n) is 23.7. The number of aromatic nitrogens is 5. The molecule has 1 aliphatic rings. The van der Waals surface area contributed by atoms with Crippen molar-refractivity contribution in [2.24, 2.45) is 0 Å². The van der Waals surface area contributed by atoms with Crippen molar-refractivity contribution in [2.75, 3.05) is 19.6 Å². The molecule has 0 aliphatic carbocycles. The number of fused-ring (bicyclic) bond motifs is 1. The quantitative estimate of drug-likeness (QED) is 0.330. The molecule has 10 heteroatoms. The summed E-state index contributed by atoms with van der Waals surface area (Å²) in [6, 6.07) is 8.18. The second-order valence-corrected chi connectivity index (χ2v) is 10.3. The molecule has 39 heavy (non-hydrogen) atoms. The van der Waals surface area contributed by atoms with E-state index in [0.29, 0.717) is 54.1 Å². The Kier molecular flexibility index (Phi) is 7.85. The van der Waals surface area contributed by atoms with E-state index >= 15 is 0 Å². The third-order valence-corrected chi connectivity index (χ3v) is 6.74. The highest BCUT2D eigenvalue weighted by Crippen LogP contribution is 2.30. The van der Waals surface area contributed by atoms with E-state index in [4.69, 9.17) is 14.5 Å². The lowest BCUT2D eigenvalue weighted by atomic mass is 9.97. The molecule has 9 nitrogen and oxygen atoms in total. The van der Waals surface area contributed by atoms with Crippen LogP contribution in [0.15, 0.2) is 47.5 Å². The number of imidazole rings is 1. The zero-order valence-corrected chi connectivity index (χ0v) is 23.7. The largest absolute Gasteiger partial charge is 0.420 e. The van der Waals surface area contributed by atoms with E-state index in [1.165, 1.54) is 12.1 Å². The molecular formula is C29H36FN7O2. The molecule has 1 aliphatic heterocycles. The second kappa shape index (κ2) is 11.0. The van der Waals surface area contributed by atoms with Crippen LogP contribution in [0.2, 0.25) is 0 Å². The summed E-state index contributed by atoms with van der Waals surface area (Å²) in [7, 11) is 0. The van der Waals surface area contributed by atoms with Gasteiger partial charge in [-0.3, -0.25) is 4.79 Å². The van der Waals surface area contributed by atoms with E-state index in [1.807, 2.05) is 38.7 Å². The predicted molar refractivity (Wildman–Crippen MR) is 149 cm³/mol. The van der Waals surface area contributed by atoms with Gasteiger partial charge in [0.05, 0.1) is 23.1 Å². The van der Waals surface area contributed by atoms with E-state index in [-0.39, 0.29) is 17.6 Å². The highest BCUT2D eigenvalue weighted by molar-refractivity contribution is 5.93. The first-order valence-electron chi connectivity index (χ1n) is 13.3. The van der Waals surface area contributed by atoms with Crippen molar-refractivity contribution in [3.63, 3.8) is 0 Å². The van der Waals surface area contributed by atoms with Gasteiger partial charge in [-0.25, -0.2) is 13.9 Å². The highest BCUT2D eigenvalue weighted by atomic mass is 19.1. The number of nitrogens with zero attached hydrogens (tertiary/aromatic N) is 7. The molecule has 0 radical (unpaired) electrons. The van der Waals surface area contributed by atoms with Gasteiger partial charge in [0.1, 0.15) is 11.5 Å². The summed E-state index contributed by atoms with van der Waals surface area (Å²) >= 11 is 0. The fourth-order valence-electron chi connectivity index (χ4n) is 4.74. The predicted octanol–water partition coefficient (Wildman–Crippen LogP) is 5.58. The number of aryl methyl sites for hydroxylation is 1. The van der Waals surface area contributed by atoms with Crippen LogP contribution in [0.5, 0.6) is 0 Å². The molecule has 0 atom stereocenters. The number of benzene rings is 1. The van der Waals surface area contributed by atoms with Gasteiger partial charge in [-0.1, -0.05) is 34.3 Å². The summed E-state index contributed by atoms with van der Waals surface area (Å²) in [5, 5.41) is 12.7. The molecule has 4 heterocycles. The minimum absolute atomic E-state index is 0.148. The lowest BCUT2D eigenvalue weighted by molar-refractivity contribution is 0.0306. The van der Waals surface area contributed by atoms with Crippen molar-refractivity contribution in [1.82, 2.24) is 34.6 Å². The molecule has 0 spiro atoms. The van der Waals surface area contributed by atoms with Crippen LogP contribution in [-0.4, -0.2) is 65.7 Å². The van der Waals surface area contributed by atoms with Crippen LogP contribution in [0.4, 0.5) is 4.39 Å². The van der Waals surface area contributed by atoms with Crippen molar-refractivity contribution in [3.05, 3.63) is 72.0 Å². The van der Waals surface area contributed by atoms with Gasteiger partial charge in [-0.2, -0.15) is 5.10 Å². The van der Waals surface area contributed by atoms with Crippen LogP contribution in [0.1, 0.15) is 75.3 Å². The SMILES string of the molecule is C=C(c1nnc(C)o1)N1CCN(C(=O)c2cn3nc(-c4ccc(F)cc4)cc(C(C)C)c3n2)C(C)(C)C1.CC. The minimum atomic E-state index is -0.503. The molecule has 4 aromatic rings. The monoisotopic (exact) mass is 533 g/mol. The maximum Gasteiger partial charge on any atom is 0.274 e. The first-order chi connectivity index (χ1) is 18.5. The highest BCUT2D eigenvalue weighted by Gasteiger charge is 2.39. The van der Waals surface area contributed by atoms with Gasteiger partial charge in [0, 0.05) is 37.7 Å². The van der Waals surface area contributed by atoms with E-state index < -0.39 is 5.54 Å². The Morgan fingerprint density at radius 1 is 1.13 bits per heavy atom. The summed E-state index contributed by atoms with van der Waals surface area (Å²) in [5.41, 5.74) is 3.56. The maximum absolute atomic E-state index is 13.7. The minimum Gasteiger partial charge on any atom is -0.420 e. The van der Waals surface area contributed by atoms with Crippen LogP contribution in [0, 0.1) is 12.7 Å². The van der Waals surface area contributed by atoms with E-state index in [0.717, 1.165) is 11.1 Å². The normalized spacial score (nSPS) is 14.9. The van der Waals surface area contributed by atoms with Gasteiger partial charge in [0.25, 0.3) is 11.8 Å². The molecule has 3 aromatic heterocycles. The number of piperazine rings is 1. The number of halogens is 1. The Hall–Kier alpha value is -4.08. The summed E-state index contributed by atoms with van der Waals surface area (Å²) in [6.45, 7) is 19.7. The molecule has 0 bridgehead atoms. The van der Waals surface area contributed by atoms with Gasteiger partial charge in [-0.05, 0) is 50.1 Å². The van der Waals surface area contributed by atoms with E-state index in [9.17, 15) is 9.18 Å². The van der Waals surface area contributed by atoms with Crippen molar-refractivity contribution in [1.29, 1.82) is 0 Å². The molecule has 1 amide bonds. The van der Waals surface area contributed by atoms with Gasteiger partial charge >= 0.3 is 0 Å². The Morgan fingerprint density at radius 2 is 1.82 bits per heavy atom. The average Bonchev–Trinajstić information content (AvgIpc) is 3.54. The molecule has 206 valence electrons. The Balaban J connectivity index is 0.00000172. The zero-order chi connectivity index (χ0) is 28.5. The number of rotatable bonds is 5. The topological polar surface area (TPSA) is 92.7 Å².